The second-order valence-electron chi connectivity index (χ2n) is 4.83. The van der Waals surface area contributed by atoms with Crippen LogP contribution >= 0.6 is 23.4 Å². The molecule has 3 rings (SSSR count). The standard InChI is InChI=1S/C16H16ClNO2S/c1-19-13-8-10(6-7-11(13)17)16(18)14-9-21-15-5-3-2-4-12(15)20-14/h2-8,14,16H,9,18H2,1H3. The van der Waals surface area contributed by atoms with E-state index in [4.69, 9.17) is 26.8 Å². The number of fused-ring (bicyclic) bond motifs is 1. The average Bonchev–Trinajstić information content (AvgIpc) is 2.54. The van der Waals surface area contributed by atoms with Crippen LogP contribution in [0.25, 0.3) is 0 Å². The van der Waals surface area contributed by atoms with Crippen LogP contribution < -0.4 is 15.2 Å². The Morgan fingerprint density at radius 2 is 2.14 bits per heavy atom. The van der Waals surface area contributed by atoms with E-state index < -0.39 is 0 Å². The normalized spacial score (nSPS) is 18.5. The summed E-state index contributed by atoms with van der Waals surface area (Å²) >= 11 is 7.82. The highest BCUT2D eigenvalue weighted by Crippen LogP contribution is 2.38. The molecule has 0 saturated carbocycles. The van der Waals surface area contributed by atoms with Gasteiger partial charge in [-0.1, -0.05) is 29.8 Å². The third-order valence-corrected chi connectivity index (χ3v) is 4.95. The molecule has 21 heavy (non-hydrogen) atoms. The maximum atomic E-state index is 6.36. The fraction of sp³-hybridized carbons (Fsp3) is 0.250. The molecule has 2 aromatic rings. The van der Waals surface area contributed by atoms with Gasteiger partial charge in [0.1, 0.15) is 17.6 Å². The summed E-state index contributed by atoms with van der Waals surface area (Å²) in [4.78, 5) is 1.16. The number of hydrogen-bond donors (Lipinski definition) is 1. The van der Waals surface area contributed by atoms with E-state index in [-0.39, 0.29) is 12.1 Å². The van der Waals surface area contributed by atoms with E-state index in [0.29, 0.717) is 10.8 Å². The van der Waals surface area contributed by atoms with Gasteiger partial charge >= 0.3 is 0 Å². The van der Waals surface area contributed by atoms with E-state index in [1.807, 2.05) is 30.3 Å². The molecule has 0 amide bonds. The number of benzene rings is 2. The Morgan fingerprint density at radius 3 is 2.95 bits per heavy atom. The van der Waals surface area contributed by atoms with Gasteiger partial charge in [-0.25, -0.2) is 0 Å². The zero-order valence-electron chi connectivity index (χ0n) is 11.6. The van der Waals surface area contributed by atoms with Crippen molar-refractivity contribution in [3.8, 4) is 11.5 Å². The van der Waals surface area contributed by atoms with Gasteiger partial charge in [0.25, 0.3) is 0 Å². The van der Waals surface area contributed by atoms with Crippen molar-refractivity contribution >= 4 is 23.4 Å². The topological polar surface area (TPSA) is 44.5 Å². The van der Waals surface area contributed by atoms with E-state index in [1.165, 1.54) is 0 Å². The van der Waals surface area contributed by atoms with Crippen LogP contribution in [0.3, 0.4) is 0 Å². The maximum Gasteiger partial charge on any atom is 0.137 e. The minimum atomic E-state index is -0.225. The molecule has 2 atom stereocenters. The van der Waals surface area contributed by atoms with Gasteiger partial charge in [0.2, 0.25) is 0 Å². The molecule has 1 aliphatic rings. The number of ether oxygens (including phenoxy) is 2. The van der Waals surface area contributed by atoms with Crippen molar-refractivity contribution in [2.75, 3.05) is 12.9 Å². The van der Waals surface area contributed by atoms with Crippen LogP contribution in [0.2, 0.25) is 5.02 Å². The van der Waals surface area contributed by atoms with Crippen molar-refractivity contribution in [3.63, 3.8) is 0 Å². The maximum absolute atomic E-state index is 6.36. The lowest BCUT2D eigenvalue weighted by molar-refractivity contribution is 0.185. The quantitative estimate of drug-likeness (QED) is 0.931. The zero-order chi connectivity index (χ0) is 14.8. The van der Waals surface area contributed by atoms with Crippen molar-refractivity contribution in [2.45, 2.75) is 17.0 Å². The molecule has 2 unspecified atom stereocenters. The number of thioether (sulfide) groups is 1. The largest absolute Gasteiger partial charge is 0.495 e. The third-order valence-electron chi connectivity index (χ3n) is 3.49. The lowest BCUT2D eigenvalue weighted by Crippen LogP contribution is -2.35. The van der Waals surface area contributed by atoms with Gasteiger partial charge in [-0.15, -0.1) is 11.8 Å². The minimum Gasteiger partial charge on any atom is -0.495 e. The molecule has 0 fully saturated rings. The predicted octanol–water partition coefficient (Wildman–Crippen LogP) is 3.90. The second kappa shape index (κ2) is 6.18. The smallest absolute Gasteiger partial charge is 0.137 e. The summed E-state index contributed by atoms with van der Waals surface area (Å²) in [6.45, 7) is 0. The number of rotatable bonds is 3. The predicted molar refractivity (Wildman–Crippen MR) is 86.5 cm³/mol. The lowest BCUT2D eigenvalue weighted by Gasteiger charge is -2.30. The Hall–Kier alpha value is -1.36. The summed E-state index contributed by atoms with van der Waals surface area (Å²) < 4.78 is 11.3. The molecule has 0 aliphatic carbocycles. The molecule has 0 bridgehead atoms. The highest BCUT2D eigenvalue weighted by atomic mass is 35.5. The Bertz CT molecular complexity index is 650. The first kappa shape index (κ1) is 14.6. The number of hydrogen-bond acceptors (Lipinski definition) is 4. The van der Waals surface area contributed by atoms with Gasteiger partial charge in [-0.3, -0.25) is 0 Å². The molecule has 0 saturated heterocycles. The molecule has 0 aromatic heterocycles. The van der Waals surface area contributed by atoms with E-state index in [2.05, 4.69) is 6.07 Å². The number of para-hydroxylation sites is 1. The molecule has 3 nitrogen and oxygen atoms in total. The molecular formula is C16H16ClNO2S. The van der Waals surface area contributed by atoms with Crippen LogP contribution in [0.1, 0.15) is 11.6 Å². The van der Waals surface area contributed by atoms with E-state index in [0.717, 1.165) is 22.0 Å². The number of halogens is 1. The minimum absolute atomic E-state index is 0.0734. The number of nitrogens with two attached hydrogens (primary N) is 1. The molecule has 0 radical (unpaired) electrons. The van der Waals surface area contributed by atoms with Crippen molar-refractivity contribution in [1.29, 1.82) is 0 Å². The molecule has 0 spiro atoms. The fourth-order valence-corrected chi connectivity index (χ4v) is 3.56. The highest BCUT2D eigenvalue weighted by Gasteiger charge is 2.27. The molecule has 1 aliphatic heterocycles. The van der Waals surface area contributed by atoms with E-state index in [9.17, 15) is 0 Å². The van der Waals surface area contributed by atoms with Crippen LogP contribution in [-0.4, -0.2) is 19.0 Å². The van der Waals surface area contributed by atoms with Gasteiger partial charge < -0.3 is 15.2 Å². The lowest BCUT2D eigenvalue weighted by atomic mass is 10.0. The zero-order valence-corrected chi connectivity index (χ0v) is 13.2. The van der Waals surface area contributed by atoms with Crippen LogP contribution in [0.4, 0.5) is 0 Å². The first-order valence-electron chi connectivity index (χ1n) is 6.66. The Morgan fingerprint density at radius 1 is 1.33 bits per heavy atom. The fourth-order valence-electron chi connectivity index (χ4n) is 2.31. The molecule has 110 valence electrons. The Balaban J connectivity index is 1.82. The molecule has 5 heteroatoms. The van der Waals surface area contributed by atoms with Crippen LogP contribution in [0, 0.1) is 0 Å². The van der Waals surface area contributed by atoms with Crippen molar-refractivity contribution in [2.24, 2.45) is 5.73 Å². The first-order valence-corrected chi connectivity index (χ1v) is 8.03. The SMILES string of the molecule is COc1cc(C(N)C2CSc3ccccc3O2)ccc1Cl. The van der Waals surface area contributed by atoms with Crippen LogP contribution in [-0.2, 0) is 0 Å². The first-order chi connectivity index (χ1) is 10.2. The van der Waals surface area contributed by atoms with Crippen molar-refractivity contribution in [1.82, 2.24) is 0 Å². The van der Waals surface area contributed by atoms with Crippen molar-refractivity contribution < 1.29 is 9.47 Å². The Labute approximate surface area is 133 Å². The molecule has 2 aromatic carbocycles. The average molecular weight is 322 g/mol. The molecule has 1 heterocycles. The van der Waals surface area contributed by atoms with Gasteiger partial charge in [-0.2, -0.15) is 0 Å². The highest BCUT2D eigenvalue weighted by molar-refractivity contribution is 7.99. The van der Waals surface area contributed by atoms with Gasteiger partial charge in [0.15, 0.2) is 0 Å². The number of methoxy groups -OCH3 is 1. The molecule has 2 N–H and O–H groups in total. The second-order valence-corrected chi connectivity index (χ2v) is 6.30. The van der Waals surface area contributed by atoms with E-state index in [1.54, 1.807) is 24.9 Å². The molecular weight excluding hydrogens is 306 g/mol. The van der Waals surface area contributed by atoms with E-state index >= 15 is 0 Å². The van der Waals surface area contributed by atoms with Gasteiger partial charge in [-0.05, 0) is 29.8 Å². The van der Waals surface area contributed by atoms with Gasteiger partial charge in [0.05, 0.1) is 18.2 Å². The summed E-state index contributed by atoms with van der Waals surface area (Å²) in [6, 6.07) is 13.4. The van der Waals surface area contributed by atoms with Crippen molar-refractivity contribution in [3.05, 3.63) is 53.1 Å². The summed E-state index contributed by atoms with van der Waals surface area (Å²) in [6.07, 6.45) is -0.0734. The summed E-state index contributed by atoms with van der Waals surface area (Å²) in [5.74, 6) is 2.35. The van der Waals surface area contributed by atoms with Gasteiger partial charge in [0, 0.05) is 10.6 Å². The Kier molecular flexibility index (Phi) is 4.29. The summed E-state index contributed by atoms with van der Waals surface area (Å²) in [5.41, 5.74) is 7.32. The third kappa shape index (κ3) is 2.98. The van der Waals surface area contributed by atoms with Crippen LogP contribution in [0.15, 0.2) is 47.4 Å². The van der Waals surface area contributed by atoms with Crippen LogP contribution in [0.5, 0.6) is 11.5 Å². The monoisotopic (exact) mass is 321 g/mol. The summed E-state index contributed by atoms with van der Waals surface area (Å²) in [7, 11) is 1.60. The summed E-state index contributed by atoms with van der Waals surface area (Å²) in [5, 5.41) is 0.581.